The average Bonchev–Trinajstić information content (AvgIpc) is 2.40. The minimum atomic E-state index is -1.41. The highest BCUT2D eigenvalue weighted by Crippen LogP contribution is 2.50. The lowest BCUT2D eigenvalue weighted by atomic mass is 9.57. The molecule has 0 unspecified atom stereocenters. The van der Waals surface area contributed by atoms with E-state index in [1.165, 1.54) is 14.2 Å². The first-order valence-electron chi connectivity index (χ1n) is 5.94. The molecule has 0 aromatic rings. The minimum Gasteiger partial charge on any atom is -0.366 e. The Morgan fingerprint density at radius 1 is 1.50 bits per heavy atom. The van der Waals surface area contributed by atoms with Gasteiger partial charge in [-0.1, -0.05) is 18.2 Å². The monoisotopic (exact) mass is 250 g/mol. The van der Waals surface area contributed by atoms with Crippen molar-refractivity contribution in [2.45, 2.75) is 24.5 Å². The van der Waals surface area contributed by atoms with Gasteiger partial charge in [-0.25, -0.2) is 0 Å². The van der Waals surface area contributed by atoms with Crippen molar-refractivity contribution in [3.05, 3.63) is 24.3 Å². The fourth-order valence-corrected chi connectivity index (χ4v) is 3.21. The molecule has 3 aliphatic rings. The number of ketones is 1. The van der Waals surface area contributed by atoms with Crippen LogP contribution < -0.4 is 0 Å². The molecule has 0 amide bonds. The first-order valence-corrected chi connectivity index (χ1v) is 5.94. The molecular weight excluding hydrogens is 232 g/mol. The van der Waals surface area contributed by atoms with Crippen molar-refractivity contribution in [3.63, 3.8) is 0 Å². The Morgan fingerprint density at radius 2 is 2.17 bits per heavy atom. The standard InChI is InChI=1S/C14H18O4/c1-9(2)11-7-10-5-6-13(11,17-3)12(16)14(10,8-15)18-4/h5-6,8,10-11H,1,7H2,2-4H3/t10-,11-,13-,14+/m1/s1. The predicted octanol–water partition coefficient (Wildman–Crippen LogP) is 1.31. The minimum absolute atomic E-state index is 0.103. The van der Waals surface area contributed by atoms with Crippen LogP contribution in [0.4, 0.5) is 0 Å². The third-order valence-corrected chi connectivity index (χ3v) is 4.29. The molecular formula is C14H18O4. The summed E-state index contributed by atoms with van der Waals surface area (Å²) < 4.78 is 10.7. The van der Waals surface area contributed by atoms with Crippen molar-refractivity contribution >= 4 is 12.1 Å². The molecule has 0 saturated heterocycles. The van der Waals surface area contributed by atoms with Gasteiger partial charge in [0.15, 0.2) is 17.5 Å². The van der Waals surface area contributed by atoms with Crippen molar-refractivity contribution in [1.82, 2.24) is 0 Å². The molecule has 3 rings (SSSR count). The highest BCUT2D eigenvalue weighted by atomic mass is 16.5. The van der Waals surface area contributed by atoms with Crippen LogP contribution in [0, 0.1) is 11.8 Å². The first kappa shape index (κ1) is 13.2. The molecule has 0 aromatic carbocycles. The zero-order chi connectivity index (χ0) is 13.6. The van der Waals surface area contributed by atoms with Gasteiger partial charge in [-0.2, -0.15) is 0 Å². The fraction of sp³-hybridized carbons (Fsp3) is 0.571. The third kappa shape index (κ3) is 1.33. The lowest BCUT2D eigenvalue weighted by Crippen LogP contribution is -2.68. The summed E-state index contributed by atoms with van der Waals surface area (Å²) >= 11 is 0. The number of rotatable bonds is 4. The smallest absolute Gasteiger partial charge is 0.208 e. The van der Waals surface area contributed by atoms with Gasteiger partial charge in [0.1, 0.15) is 0 Å². The number of carbonyl (C=O) groups is 2. The Kier molecular flexibility index (Phi) is 3.03. The van der Waals surface area contributed by atoms with Crippen molar-refractivity contribution < 1.29 is 19.1 Å². The lowest BCUT2D eigenvalue weighted by molar-refractivity contribution is -0.182. The molecule has 3 aliphatic carbocycles. The summed E-state index contributed by atoms with van der Waals surface area (Å²) in [5.74, 6) is -0.666. The van der Waals surface area contributed by atoms with E-state index in [0.717, 1.165) is 5.57 Å². The van der Waals surface area contributed by atoms with Gasteiger partial charge < -0.3 is 9.47 Å². The summed E-state index contributed by atoms with van der Waals surface area (Å²) in [6, 6.07) is 0. The van der Waals surface area contributed by atoms with Crippen LogP contribution in [0.15, 0.2) is 24.3 Å². The number of ether oxygens (including phenoxy) is 2. The highest BCUT2D eigenvalue weighted by molar-refractivity contribution is 6.10. The van der Waals surface area contributed by atoms with Crippen LogP contribution in [-0.2, 0) is 19.1 Å². The molecule has 4 heteroatoms. The molecule has 0 aromatic heterocycles. The van der Waals surface area contributed by atoms with Crippen LogP contribution in [-0.4, -0.2) is 37.5 Å². The molecule has 98 valence electrons. The van der Waals surface area contributed by atoms with E-state index in [1.807, 2.05) is 13.0 Å². The second-order valence-electron chi connectivity index (χ2n) is 5.04. The maximum atomic E-state index is 12.7. The first-order chi connectivity index (χ1) is 8.48. The van der Waals surface area contributed by atoms with E-state index in [1.54, 1.807) is 6.08 Å². The normalized spacial score (nSPS) is 42.1. The maximum absolute atomic E-state index is 12.7. The van der Waals surface area contributed by atoms with Gasteiger partial charge in [-0.15, -0.1) is 0 Å². The van der Waals surface area contributed by atoms with E-state index in [-0.39, 0.29) is 17.6 Å². The Bertz CT molecular complexity index is 439. The SMILES string of the molecule is C=C(C)[C@H]1C[C@H]2C=C[C@]1(OC)C(=O)[C@@]2(C=O)OC. The van der Waals surface area contributed by atoms with E-state index >= 15 is 0 Å². The van der Waals surface area contributed by atoms with E-state index in [0.29, 0.717) is 12.7 Å². The summed E-state index contributed by atoms with van der Waals surface area (Å²) in [6.45, 7) is 5.81. The predicted molar refractivity (Wildman–Crippen MR) is 66.1 cm³/mol. The highest BCUT2D eigenvalue weighted by Gasteiger charge is 2.64. The number of carbonyl (C=O) groups excluding carboxylic acids is 2. The van der Waals surface area contributed by atoms with Crippen molar-refractivity contribution in [3.8, 4) is 0 Å². The molecule has 4 atom stereocenters. The molecule has 18 heavy (non-hydrogen) atoms. The summed E-state index contributed by atoms with van der Waals surface area (Å²) in [5.41, 5.74) is -1.64. The topological polar surface area (TPSA) is 52.6 Å². The van der Waals surface area contributed by atoms with Crippen LogP contribution in [0.3, 0.4) is 0 Å². The van der Waals surface area contributed by atoms with E-state index in [2.05, 4.69) is 6.58 Å². The molecule has 0 heterocycles. The fourth-order valence-electron chi connectivity index (χ4n) is 3.21. The van der Waals surface area contributed by atoms with Gasteiger partial charge in [0.25, 0.3) is 0 Å². The van der Waals surface area contributed by atoms with Crippen molar-refractivity contribution in [2.75, 3.05) is 14.2 Å². The molecule has 1 fully saturated rings. The number of hydrogen-bond donors (Lipinski definition) is 0. The summed E-state index contributed by atoms with van der Waals surface area (Å²) in [5, 5.41) is 0. The number of Topliss-reactive ketones (excluding diaryl/α,β-unsaturated/α-hetero) is 1. The maximum Gasteiger partial charge on any atom is 0.208 e. The number of methoxy groups -OCH3 is 2. The van der Waals surface area contributed by atoms with Gasteiger partial charge in [0.05, 0.1) is 0 Å². The van der Waals surface area contributed by atoms with E-state index in [9.17, 15) is 9.59 Å². The number of hydrogen-bond acceptors (Lipinski definition) is 4. The lowest BCUT2D eigenvalue weighted by Gasteiger charge is -2.52. The Morgan fingerprint density at radius 3 is 2.61 bits per heavy atom. The summed E-state index contributed by atoms with van der Waals surface area (Å²) in [4.78, 5) is 24.1. The third-order valence-electron chi connectivity index (χ3n) is 4.29. The molecule has 4 nitrogen and oxygen atoms in total. The van der Waals surface area contributed by atoms with Gasteiger partial charge in [0, 0.05) is 26.1 Å². The van der Waals surface area contributed by atoms with Gasteiger partial charge in [-0.05, 0) is 19.4 Å². The zero-order valence-electron chi connectivity index (χ0n) is 10.9. The van der Waals surface area contributed by atoms with Gasteiger partial charge in [0.2, 0.25) is 5.78 Å². The second-order valence-corrected chi connectivity index (χ2v) is 5.04. The Hall–Kier alpha value is -1.26. The molecule has 1 saturated carbocycles. The van der Waals surface area contributed by atoms with Crippen LogP contribution in [0.1, 0.15) is 13.3 Å². The summed E-state index contributed by atoms with van der Waals surface area (Å²) in [6.07, 6.45) is 4.84. The quantitative estimate of drug-likeness (QED) is 0.429. The van der Waals surface area contributed by atoms with Crippen molar-refractivity contribution in [1.29, 1.82) is 0 Å². The average molecular weight is 250 g/mol. The molecule has 0 N–H and O–H groups in total. The number of fused-ring (bicyclic) bond motifs is 2. The van der Waals surface area contributed by atoms with E-state index in [4.69, 9.17) is 9.47 Å². The Labute approximate surface area is 107 Å². The summed E-state index contributed by atoms with van der Waals surface area (Å²) in [7, 11) is 2.87. The van der Waals surface area contributed by atoms with Crippen LogP contribution in [0.2, 0.25) is 0 Å². The zero-order valence-corrected chi connectivity index (χ0v) is 10.9. The van der Waals surface area contributed by atoms with Crippen molar-refractivity contribution in [2.24, 2.45) is 11.8 Å². The molecule has 0 spiro atoms. The van der Waals surface area contributed by atoms with Crippen LogP contribution >= 0.6 is 0 Å². The molecule has 0 radical (unpaired) electrons. The molecule has 0 aliphatic heterocycles. The van der Waals surface area contributed by atoms with Gasteiger partial charge in [-0.3, -0.25) is 9.59 Å². The molecule has 2 bridgehead atoms. The number of aldehydes is 1. The van der Waals surface area contributed by atoms with Crippen LogP contribution in [0.5, 0.6) is 0 Å². The van der Waals surface area contributed by atoms with Gasteiger partial charge >= 0.3 is 0 Å². The largest absolute Gasteiger partial charge is 0.366 e. The van der Waals surface area contributed by atoms with Crippen LogP contribution in [0.25, 0.3) is 0 Å². The van der Waals surface area contributed by atoms with E-state index < -0.39 is 11.2 Å². The second kappa shape index (κ2) is 4.14. The Balaban J connectivity index is 2.59.